The highest BCUT2D eigenvalue weighted by atomic mass is 16.6. The average Bonchev–Trinajstić information content (AvgIpc) is 2.04. The molecule has 0 aromatic carbocycles. The lowest BCUT2D eigenvalue weighted by Crippen LogP contribution is -2.41. The minimum absolute atomic E-state index is 0.148. The third-order valence-electron chi connectivity index (χ3n) is 2.90. The highest BCUT2D eigenvalue weighted by molar-refractivity contribution is 5.73. The van der Waals surface area contributed by atoms with Crippen LogP contribution in [0.1, 0.15) is 40.0 Å². The molecule has 0 heterocycles. The molecule has 1 aliphatic carbocycles. The van der Waals surface area contributed by atoms with Gasteiger partial charge in [0, 0.05) is 6.54 Å². The van der Waals surface area contributed by atoms with Crippen molar-refractivity contribution in [2.75, 3.05) is 6.54 Å². The van der Waals surface area contributed by atoms with Crippen molar-refractivity contribution in [1.82, 2.24) is 5.32 Å². The van der Waals surface area contributed by atoms with Crippen molar-refractivity contribution in [1.29, 1.82) is 0 Å². The number of amides is 1. The predicted octanol–water partition coefficient (Wildman–Crippen LogP) is 2.01. The molecule has 2 N–H and O–H groups in total. The average molecular weight is 243 g/mol. The van der Waals surface area contributed by atoms with Crippen LogP contribution >= 0.6 is 0 Å². The molecule has 0 spiro atoms. The van der Waals surface area contributed by atoms with Gasteiger partial charge < -0.3 is 15.2 Å². The zero-order valence-corrected chi connectivity index (χ0v) is 10.7. The number of ether oxygens (including phenoxy) is 1. The maximum absolute atomic E-state index is 11.4. The molecular weight excluding hydrogens is 222 g/mol. The monoisotopic (exact) mass is 243 g/mol. The van der Waals surface area contributed by atoms with Crippen molar-refractivity contribution < 1.29 is 19.4 Å². The minimum Gasteiger partial charge on any atom is -0.481 e. The second kappa shape index (κ2) is 5.38. The van der Waals surface area contributed by atoms with Crippen molar-refractivity contribution in [2.45, 2.75) is 45.6 Å². The molecule has 1 aliphatic rings. The van der Waals surface area contributed by atoms with E-state index in [-0.39, 0.29) is 12.5 Å². The molecule has 0 aromatic rings. The molecule has 0 saturated heterocycles. The summed E-state index contributed by atoms with van der Waals surface area (Å²) in [5.41, 5.74) is -0.556. The molecule has 98 valence electrons. The Bertz CT molecular complexity index is 291. The van der Waals surface area contributed by atoms with Crippen molar-refractivity contribution in [3.63, 3.8) is 0 Å². The molecule has 1 fully saturated rings. The summed E-state index contributed by atoms with van der Waals surface area (Å²) in [5.74, 6) is -1.13. The van der Waals surface area contributed by atoms with Gasteiger partial charge in [0.25, 0.3) is 0 Å². The highest BCUT2D eigenvalue weighted by Gasteiger charge is 2.33. The normalized spacial score (nSPS) is 18.1. The van der Waals surface area contributed by atoms with E-state index in [9.17, 15) is 9.59 Å². The quantitative estimate of drug-likeness (QED) is 0.792. The molecule has 5 nitrogen and oxygen atoms in total. The molecule has 17 heavy (non-hydrogen) atoms. The first kappa shape index (κ1) is 13.8. The highest BCUT2D eigenvalue weighted by Crippen LogP contribution is 2.33. The summed E-state index contributed by atoms with van der Waals surface area (Å²) in [6.45, 7) is 5.46. The van der Waals surface area contributed by atoms with Gasteiger partial charge in [0.2, 0.25) is 0 Å². The molecule has 0 radical (unpaired) electrons. The maximum atomic E-state index is 11.4. The van der Waals surface area contributed by atoms with E-state index in [4.69, 9.17) is 9.84 Å². The van der Waals surface area contributed by atoms with Gasteiger partial charge in [-0.25, -0.2) is 4.79 Å². The van der Waals surface area contributed by atoms with E-state index >= 15 is 0 Å². The number of carboxylic acid groups (broad SMARTS) is 1. The molecule has 1 saturated carbocycles. The number of alkyl carbamates (subject to hydrolysis) is 1. The lowest BCUT2D eigenvalue weighted by atomic mass is 9.76. The molecule has 1 amide bonds. The first-order valence-corrected chi connectivity index (χ1v) is 5.99. The fourth-order valence-corrected chi connectivity index (χ4v) is 1.81. The van der Waals surface area contributed by atoms with Gasteiger partial charge in [-0.3, -0.25) is 4.79 Å². The summed E-state index contributed by atoms with van der Waals surface area (Å²) < 4.78 is 5.06. The minimum atomic E-state index is -0.842. The second-order valence-electron chi connectivity index (χ2n) is 5.52. The van der Waals surface area contributed by atoms with Crippen LogP contribution < -0.4 is 5.32 Å². The Morgan fingerprint density at radius 1 is 1.41 bits per heavy atom. The zero-order chi connectivity index (χ0) is 13.1. The van der Waals surface area contributed by atoms with Gasteiger partial charge in [0.05, 0.1) is 5.92 Å². The maximum Gasteiger partial charge on any atom is 0.407 e. The van der Waals surface area contributed by atoms with Crippen LogP contribution in [0.5, 0.6) is 0 Å². The Kier molecular flexibility index (Phi) is 4.37. The van der Waals surface area contributed by atoms with Crippen LogP contribution in [-0.2, 0) is 9.53 Å². The zero-order valence-electron chi connectivity index (χ0n) is 10.7. The van der Waals surface area contributed by atoms with Crippen molar-refractivity contribution >= 4 is 12.1 Å². The number of carboxylic acids is 1. The topological polar surface area (TPSA) is 75.6 Å². The van der Waals surface area contributed by atoms with E-state index in [1.807, 2.05) is 0 Å². The number of aliphatic carboxylic acids is 1. The second-order valence-corrected chi connectivity index (χ2v) is 5.52. The van der Waals surface area contributed by atoms with Crippen LogP contribution in [0.4, 0.5) is 4.79 Å². The first-order valence-electron chi connectivity index (χ1n) is 5.99. The van der Waals surface area contributed by atoms with Crippen molar-refractivity contribution in [3.05, 3.63) is 0 Å². The fourth-order valence-electron chi connectivity index (χ4n) is 1.81. The Morgan fingerprint density at radius 2 is 2.00 bits per heavy atom. The first-order chi connectivity index (χ1) is 7.79. The summed E-state index contributed by atoms with van der Waals surface area (Å²) in [7, 11) is 0. The molecular formula is C12H21NO4. The SMILES string of the molecule is CC(C)(C)OC(=O)NC[C@@H](C(=O)O)C1CCC1. The molecule has 5 heteroatoms. The molecule has 0 bridgehead atoms. The Labute approximate surface area is 102 Å². The van der Waals surface area contributed by atoms with Gasteiger partial charge in [0.1, 0.15) is 5.60 Å². The standard InChI is InChI=1S/C12H21NO4/c1-12(2,3)17-11(16)13-7-9(10(14)15)8-5-4-6-8/h8-9H,4-7H2,1-3H3,(H,13,16)(H,14,15)/t9-/m1/s1. The number of rotatable bonds is 4. The molecule has 1 rings (SSSR count). The van der Waals surface area contributed by atoms with Gasteiger partial charge in [-0.15, -0.1) is 0 Å². The Morgan fingerprint density at radius 3 is 2.35 bits per heavy atom. The summed E-state index contributed by atoms with van der Waals surface area (Å²) in [4.78, 5) is 22.4. The number of carbonyl (C=O) groups excluding carboxylic acids is 1. The van der Waals surface area contributed by atoms with Crippen LogP contribution in [0, 0.1) is 11.8 Å². The van der Waals surface area contributed by atoms with E-state index < -0.39 is 23.6 Å². The molecule has 0 unspecified atom stereocenters. The van der Waals surface area contributed by atoms with Gasteiger partial charge in [-0.2, -0.15) is 0 Å². The van der Waals surface area contributed by atoms with E-state index in [1.54, 1.807) is 20.8 Å². The third kappa shape index (κ3) is 4.63. The summed E-state index contributed by atoms with van der Waals surface area (Å²) >= 11 is 0. The third-order valence-corrected chi connectivity index (χ3v) is 2.90. The summed E-state index contributed by atoms with van der Waals surface area (Å²) in [5, 5.41) is 11.6. The molecule has 1 atom stereocenters. The van der Waals surface area contributed by atoms with Crippen LogP contribution in [0.3, 0.4) is 0 Å². The van der Waals surface area contributed by atoms with Gasteiger partial charge in [0.15, 0.2) is 0 Å². The number of carbonyl (C=O) groups is 2. The largest absolute Gasteiger partial charge is 0.481 e. The van der Waals surface area contributed by atoms with Crippen molar-refractivity contribution in [2.24, 2.45) is 11.8 Å². The number of hydrogen-bond donors (Lipinski definition) is 2. The summed E-state index contributed by atoms with van der Waals surface area (Å²) in [6.07, 6.45) is 2.41. The Balaban J connectivity index is 2.36. The van der Waals surface area contributed by atoms with E-state index in [2.05, 4.69) is 5.32 Å². The number of nitrogens with one attached hydrogen (secondary N) is 1. The van der Waals surface area contributed by atoms with Crippen molar-refractivity contribution in [3.8, 4) is 0 Å². The lowest BCUT2D eigenvalue weighted by Gasteiger charge is -2.31. The smallest absolute Gasteiger partial charge is 0.407 e. The molecule has 0 aromatic heterocycles. The van der Waals surface area contributed by atoms with E-state index in [1.165, 1.54) is 0 Å². The van der Waals surface area contributed by atoms with Crippen LogP contribution in [0.15, 0.2) is 0 Å². The fraction of sp³-hybridized carbons (Fsp3) is 0.833. The van der Waals surface area contributed by atoms with Crippen LogP contribution in [0.25, 0.3) is 0 Å². The number of hydrogen-bond acceptors (Lipinski definition) is 3. The van der Waals surface area contributed by atoms with E-state index in [0.29, 0.717) is 0 Å². The lowest BCUT2D eigenvalue weighted by molar-refractivity contribution is -0.144. The Hall–Kier alpha value is -1.26. The van der Waals surface area contributed by atoms with Crippen LogP contribution in [-0.4, -0.2) is 29.3 Å². The van der Waals surface area contributed by atoms with E-state index in [0.717, 1.165) is 19.3 Å². The van der Waals surface area contributed by atoms with Gasteiger partial charge in [-0.05, 0) is 39.5 Å². The molecule has 0 aliphatic heterocycles. The van der Waals surface area contributed by atoms with Gasteiger partial charge >= 0.3 is 12.1 Å². The van der Waals surface area contributed by atoms with Gasteiger partial charge in [-0.1, -0.05) is 6.42 Å². The summed E-state index contributed by atoms with van der Waals surface area (Å²) in [6, 6.07) is 0. The van der Waals surface area contributed by atoms with Crippen LogP contribution in [0.2, 0.25) is 0 Å². The predicted molar refractivity (Wildman–Crippen MR) is 62.7 cm³/mol.